The van der Waals surface area contributed by atoms with Gasteiger partial charge in [0, 0.05) is 22.8 Å². The fourth-order valence-corrected chi connectivity index (χ4v) is 3.55. The van der Waals surface area contributed by atoms with Gasteiger partial charge in [0.2, 0.25) is 5.91 Å². The third kappa shape index (κ3) is 4.77. The van der Waals surface area contributed by atoms with E-state index >= 15 is 0 Å². The molecule has 0 aliphatic heterocycles. The quantitative estimate of drug-likeness (QED) is 0.613. The minimum Gasteiger partial charge on any atom is -0.326 e. The molecule has 5 nitrogen and oxygen atoms in total. The van der Waals surface area contributed by atoms with E-state index in [1.165, 1.54) is 0 Å². The molecule has 140 valence electrons. The van der Waals surface area contributed by atoms with Crippen LogP contribution in [0.3, 0.4) is 0 Å². The van der Waals surface area contributed by atoms with Crippen LogP contribution in [-0.2, 0) is 10.5 Å². The Morgan fingerprint density at radius 1 is 1.15 bits per heavy atom. The number of aromatic amines is 1. The number of benzene rings is 2. The van der Waals surface area contributed by atoms with Gasteiger partial charge in [-0.05, 0) is 67.8 Å². The monoisotopic (exact) mass is 381 g/mol. The first-order chi connectivity index (χ1) is 13.0. The first-order valence-electron chi connectivity index (χ1n) is 8.99. The molecule has 2 N–H and O–H groups in total. The summed E-state index contributed by atoms with van der Waals surface area (Å²) in [5.74, 6) is 0.509. The first-order valence-corrected chi connectivity index (χ1v) is 9.97. The zero-order chi connectivity index (χ0) is 19.4. The molecule has 6 heteroatoms. The van der Waals surface area contributed by atoms with E-state index in [2.05, 4.69) is 15.3 Å². The molecule has 1 heterocycles. The number of H-pyrrole nitrogens is 1. The van der Waals surface area contributed by atoms with Crippen molar-refractivity contribution >= 4 is 34.4 Å². The summed E-state index contributed by atoms with van der Waals surface area (Å²) in [6.07, 6.45) is 1.35. The predicted octanol–water partition coefficient (Wildman–Crippen LogP) is 4.57. The standard InChI is InChI=1S/C21H23N3O2S/c1-4-5-20(25)22-15-6-8-16(9-7-15)27-12-19-21(26)24-18-11-14(3)13(2)10-17(18)23-19/h6-11H,4-5,12H2,1-3H3,(H,22,25)(H,24,26). The highest BCUT2D eigenvalue weighted by atomic mass is 32.2. The Kier molecular flexibility index (Phi) is 5.96. The van der Waals surface area contributed by atoms with Gasteiger partial charge in [-0.1, -0.05) is 6.92 Å². The van der Waals surface area contributed by atoms with Crippen molar-refractivity contribution in [2.75, 3.05) is 5.32 Å². The summed E-state index contributed by atoms with van der Waals surface area (Å²) in [4.78, 5) is 32.4. The van der Waals surface area contributed by atoms with Crippen LogP contribution in [-0.4, -0.2) is 15.9 Å². The highest BCUT2D eigenvalue weighted by Crippen LogP contribution is 2.23. The third-order valence-electron chi connectivity index (χ3n) is 4.37. The second-order valence-corrected chi connectivity index (χ2v) is 7.63. The highest BCUT2D eigenvalue weighted by Gasteiger charge is 2.08. The highest BCUT2D eigenvalue weighted by molar-refractivity contribution is 7.98. The van der Waals surface area contributed by atoms with Crippen molar-refractivity contribution in [1.29, 1.82) is 0 Å². The lowest BCUT2D eigenvalue weighted by atomic mass is 10.1. The van der Waals surface area contributed by atoms with E-state index in [1.807, 2.05) is 57.2 Å². The van der Waals surface area contributed by atoms with Crippen LogP contribution in [0.15, 0.2) is 46.1 Å². The van der Waals surface area contributed by atoms with Gasteiger partial charge < -0.3 is 10.3 Å². The van der Waals surface area contributed by atoms with Gasteiger partial charge in [-0.15, -0.1) is 11.8 Å². The average Bonchev–Trinajstić information content (AvgIpc) is 2.63. The van der Waals surface area contributed by atoms with Gasteiger partial charge in [0.05, 0.1) is 11.0 Å². The van der Waals surface area contributed by atoms with Gasteiger partial charge in [-0.2, -0.15) is 0 Å². The average molecular weight is 382 g/mol. The van der Waals surface area contributed by atoms with Crippen molar-refractivity contribution in [3.8, 4) is 0 Å². The number of fused-ring (bicyclic) bond motifs is 1. The van der Waals surface area contributed by atoms with Crippen molar-refractivity contribution in [2.24, 2.45) is 0 Å². The zero-order valence-corrected chi connectivity index (χ0v) is 16.6. The number of carbonyl (C=O) groups excluding carboxylic acids is 1. The minimum absolute atomic E-state index is 0.0235. The zero-order valence-electron chi connectivity index (χ0n) is 15.8. The molecule has 0 unspecified atom stereocenters. The maximum absolute atomic E-state index is 12.3. The van der Waals surface area contributed by atoms with E-state index in [-0.39, 0.29) is 11.5 Å². The molecule has 2 aromatic carbocycles. The number of hydrogen-bond acceptors (Lipinski definition) is 4. The Hall–Kier alpha value is -2.60. The van der Waals surface area contributed by atoms with Crippen LogP contribution < -0.4 is 10.9 Å². The summed E-state index contributed by atoms with van der Waals surface area (Å²) in [6.45, 7) is 6.03. The molecule has 1 amide bonds. The van der Waals surface area contributed by atoms with Gasteiger partial charge in [-0.3, -0.25) is 9.59 Å². The Morgan fingerprint density at radius 3 is 2.56 bits per heavy atom. The smallest absolute Gasteiger partial charge is 0.271 e. The summed E-state index contributed by atoms with van der Waals surface area (Å²) < 4.78 is 0. The predicted molar refractivity (Wildman–Crippen MR) is 111 cm³/mol. The Bertz CT molecular complexity index is 1030. The van der Waals surface area contributed by atoms with Crippen LogP contribution in [0.2, 0.25) is 0 Å². The van der Waals surface area contributed by atoms with E-state index in [0.29, 0.717) is 17.9 Å². The van der Waals surface area contributed by atoms with Gasteiger partial charge in [-0.25, -0.2) is 4.98 Å². The summed E-state index contributed by atoms with van der Waals surface area (Å²) in [5, 5.41) is 2.87. The van der Waals surface area contributed by atoms with E-state index in [4.69, 9.17) is 0 Å². The molecule has 0 fully saturated rings. The molecule has 27 heavy (non-hydrogen) atoms. The number of rotatable bonds is 6. The molecular weight excluding hydrogens is 358 g/mol. The molecule has 3 aromatic rings. The molecule has 0 bridgehead atoms. The maximum atomic E-state index is 12.3. The van der Waals surface area contributed by atoms with Crippen molar-refractivity contribution in [2.45, 2.75) is 44.3 Å². The van der Waals surface area contributed by atoms with Crippen LogP contribution in [0.5, 0.6) is 0 Å². The largest absolute Gasteiger partial charge is 0.326 e. The number of thioether (sulfide) groups is 1. The molecule has 0 aliphatic rings. The lowest BCUT2D eigenvalue weighted by molar-refractivity contribution is -0.116. The number of aryl methyl sites for hydroxylation is 2. The van der Waals surface area contributed by atoms with Gasteiger partial charge in [0.1, 0.15) is 5.69 Å². The Balaban J connectivity index is 1.71. The topological polar surface area (TPSA) is 74.8 Å². The number of nitrogens with one attached hydrogen (secondary N) is 2. The molecule has 0 spiro atoms. The van der Waals surface area contributed by atoms with Crippen LogP contribution in [0.1, 0.15) is 36.6 Å². The normalized spacial score (nSPS) is 10.9. The Labute approximate surface area is 162 Å². The lowest BCUT2D eigenvalue weighted by Crippen LogP contribution is -2.14. The second-order valence-electron chi connectivity index (χ2n) is 6.58. The molecule has 3 rings (SSSR count). The number of amides is 1. The number of nitrogens with zero attached hydrogens (tertiary/aromatic N) is 1. The number of aromatic nitrogens is 2. The lowest BCUT2D eigenvalue weighted by Gasteiger charge is -2.07. The van der Waals surface area contributed by atoms with Gasteiger partial charge >= 0.3 is 0 Å². The van der Waals surface area contributed by atoms with Gasteiger partial charge in [0.25, 0.3) is 5.56 Å². The van der Waals surface area contributed by atoms with Crippen LogP contribution in [0.4, 0.5) is 5.69 Å². The van der Waals surface area contributed by atoms with E-state index < -0.39 is 0 Å². The Morgan fingerprint density at radius 2 is 1.85 bits per heavy atom. The van der Waals surface area contributed by atoms with E-state index in [0.717, 1.165) is 39.2 Å². The van der Waals surface area contributed by atoms with E-state index in [1.54, 1.807) is 11.8 Å². The molecule has 0 radical (unpaired) electrons. The molecule has 0 aliphatic carbocycles. The molecule has 1 aromatic heterocycles. The number of hydrogen-bond donors (Lipinski definition) is 2. The fraction of sp³-hybridized carbons (Fsp3) is 0.286. The SMILES string of the molecule is CCCC(=O)Nc1ccc(SCc2nc3cc(C)c(C)cc3[nH]c2=O)cc1. The van der Waals surface area contributed by atoms with Crippen molar-refractivity contribution < 1.29 is 4.79 Å². The van der Waals surface area contributed by atoms with Crippen LogP contribution in [0.25, 0.3) is 11.0 Å². The van der Waals surface area contributed by atoms with Crippen molar-refractivity contribution in [1.82, 2.24) is 9.97 Å². The number of anilines is 1. The fourth-order valence-electron chi connectivity index (χ4n) is 2.72. The van der Waals surface area contributed by atoms with Gasteiger partial charge in [0.15, 0.2) is 0 Å². The second kappa shape index (κ2) is 8.39. The summed E-state index contributed by atoms with van der Waals surface area (Å²) in [5.41, 5.74) is 5.00. The molecular formula is C21H23N3O2S. The van der Waals surface area contributed by atoms with Crippen molar-refractivity contribution in [3.05, 3.63) is 63.6 Å². The summed E-state index contributed by atoms with van der Waals surface area (Å²) in [7, 11) is 0. The summed E-state index contributed by atoms with van der Waals surface area (Å²) >= 11 is 1.55. The minimum atomic E-state index is -0.151. The third-order valence-corrected chi connectivity index (χ3v) is 5.39. The van der Waals surface area contributed by atoms with Crippen molar-refractivity contribution in [3.63, 3.8) is 0 Å². The number of carbonyl (C=O) groups is 1. The molecule has 0 saturated heterocycles. The summed E-state index contributed by atoms with van der Waals surface area (Å²) in [6, 6.07) is 11.6. The molecule has 0 atom stereocenters. The first kappa shape index (κ1) is 19.2. The molecule has 0 saturated carbocycles. The van der Waals surface area contributed by atoms with Crippen LogP contribution in [0, 0.1) is 13.8 Å². The van der Waals surface area contributed by atoms with E-state index in [9.17, 15) is 9.59 Å². The van der Waals surface area contributed by atoms with Crippen LogP contribution >= 0.6 is 11.8 Å². The maximum Gasteiger partial charge on any atom is 0.271 e.